The molecule has 2 fully saturated rings. The molecule has 0 radical (unpaired) electrons. The molecule has 1 N–H and O–H groups in total. The van der Waals surface area contributed by atoms with Crippen molar-refractivity contribution in [3.63, 3.8) is 0 Å². The Morgan fingerprint density at radius 3 is 2.38 bits per heavy atom. The van der Waals surface area contributed by atoms with Crippen molar-refractivity contribution in [2.75, 3.05) is 44.7 Å². The Bertz CT molecular complexity index is 798. The molecule has 2 aliphatic rings. The average molecular weight is 369 g/mol. The number of benzene rings is 1. The lowest BCUT2D eigenvalue weighted by atomic mass is 9.96. The van der Waals surface area contributed by atoms with Crippen molar-refractivity contribution in [2.45, 2.75) is 19.3 Å². The van der Waals surface area contributed by atoms with Gasteiger partial charge in [-0.1, -0.05) is 25.4 Å². The number of aromatic nitrogens is 2. The summed E-state index contributed by atoms with van der Waals surface area (Å²) in [7, 11) is 0.651. The highest BCUT2D eigenvalue weighted by atomic mass is 31.2. The number of rotatable bonds is 8. The summed E-state index contributed by atoms with van der Waals surface area (Å²) in [5, 5.41) is 3.32. The molecule has 2 aromatic rings. The highest BCUT2D eigenvalue weighted by molar-refractivity contribution is 7.69. The van der Waals surface area contributed by atoms with E-state index in [0.717, 1.165) is 12.0 Å². The van der Waals surface area contributed by atoms with E-state index in [2.05, 4.69) is 49.7 Å². The quantitative estimate of drug-likeness (QED) is 0.572. The van der Waals surface area contributed by atoms with E-state index in [9.17, 15) is 0 Å². The van der Waals surface area contributed by atoms with Crippen LogP contribution in [0, 0.1) is 0 Å². The highest BCUT2D eigenvalue weighted by Crippen LogP contribution is 2.61. The second kappa shape index (κ2) is 7.15. The van der Waals surface area contributed by atoms with Gasteiger partial charge in [0.15, 0.2) is 0 Å². The van der Waals surface area contributed by atoms with E-state index in [1.807, 2.05) is 19.4 Å². The molecule has 2 saturated heterocycles. The van der Waals surface area contributed by atoms with Crippen LogP contribution in [0.1, 0.15) is 29.5 Å². The van der Waals surface area contributed by atoms with Crippen LogP contribution in [0.2, 0.25) is 0 Å². The zero-order chi connectivity index (χ0) is 18.1. The fraction of sp³-hybridized carbons (Fsp3) is 0.450. The smallest absolute Gasteiger partial charge is 0.115 e. The summed E-state index contributed by atoms with van der Waals surface area (Å²) in [5.41, 5.74) is 5.03. The van der Waals surface area contributed by atoms with Crippen molar-refractivity contribution in [2.24, 2.45) is 0 Å². The van der Waals surface area contributed by atoms with Gasteiger partial charge >= 0.3 is 0 Å². The molecule has 0 bridgehead atoms. The van der Waals surface area contributed by atoms with E-state index in [-0.39, 0.29) is 0 Å². The van der Waals surface area contributed by atoms with Gasteiger partial charge < -0.3 is 5.32 Å². The molecule has 2 aliphatic heterocycles. The maximum Gasteiger partial charge on any atom is 0.115 e. The Balaban J connectivity index is 1.56. The van der Waals surface area contributed by atoms with Gasteiger partial charge in [0.2, 0.25) is 0 Å². The Hall–Kier alpha value is -1.68. The molecule has 3 heterocycles. The number of nitrogens with zero attached hydrogens (tertiary/aromatic N) is 4. The molecule has 0 spiro atoms. The first-order valence-corrected chi connectivity index (χ1v) is 11.4. The summed E-state index contributed by atoms with van der Waals surface area (Å²) >= 11 is 0. The first-order chi connectivity index (χ1) is 12.6. The van der Waals surface area contributed by atoms with Crippen LogP contribution in [0.25, 0.3) is 0 Å². The largest absolute Gasteiger partial charge is 0.388 e. The standard InChI is InChI=1S/C20H28N5P/c1-16(14-26(3,24-6-7-24)25-8-9-25)18-4-5-20(21-2)19(11-18)10-17-12-22-15-23-13-17/h4-5,11-13,15-16,21H,3,6-10,14H2,1-2H3/t16-/m0/s1. The Morgan fingerprint density at radius 2 is 1.81 bits per heavy atom. The lowest BCUT2D eigenvalue weighted by molar-refractivity contribution is 0.750. The number of nitrogens with one attached hydrogen (secondary N) is 1. The van der Waals surface area contributed by atoms with E-state index in [1.165, 1.54) is 49.2 Å². The second-order valence-corrected chi connectivity index (χ2v) is 10.7. The van der Waals surface area contributed by atoms with E-state index in [1.54, 1.807) is 6.33 Å². The van der Waals surface area contributed by atoms with Gasteiger partial charge in [0.25, 0.3) is 0 Å². The number of hydrogen-bond donors (Lipinski definition) is 1. The lowest BCUT2D eigenvalue weighted by Crippen LogP contribution is -2.13. The van der Waals surface area contributed by atoms with Crippen molar-refractivity contribution in [3.05, 3.63) is 53.6 Å². The molecule has 1 aromatic carbocycles. The molecule has 6 heteroatoms. The summed E-state index contributed by atoms with van der Waals surface area (Å²) in [6.07, 6.45) is 12.1. The van der Waals surface area contributed by atoms with Gasteiger partial charge in [-0.25, -0.2) is 9.97 Å². The molecular formula is C20H28N5P. The van der Waals surface area contributed by atoms with E-state index >= 15 is 0 Å². The maximum atomic E-state index is 4.72. The summed E-state index contributed by atoms with van der Waals surface area (Å²) in [4.78, 5) is 8.30. The first-order valence-electron chi connectivity index (χ1n) is 9.38. The molecule has 138 valence electrons. The van der Waals surface area contributed by atoms with E-state index in [0.29, 0.717) is 5.92 Å². The fourth-order valence-electron chi connectivity index (χ4n) is 3.74. The molecule has 26 heavy (non-hydrogen) atoms. The van der Waals surface area contributed by atoms with E-state index < -0.39 is 7.19 Å². The summed E-state index contributed by atoms with van der Waals surface area (Å²) < 4.78 is 5.22. The van der Waals surface area contributed by atoms with Crippen LogP contribution in [0.5, 0.6) is 0 Å². The third-order valence-corrected chi connectivity index (χ3v) is 9.48. The minimum Gasteiger partial charge on any atom is -0.388 e. The molecule has 0 amide bonds. The molecule has 5 nitrogen and oxygen atoms in total. The van der Waals surface area contributed by atoms with Gasteiger partial charge in [0, 0.05) is 64.9 Å². The van der Waals surface area contributed by atoms with Crippen molar-refractivity contribution in [3.8, 4) is 0 Å². The second-order valence-electron chi connectivity index (χ2n) is 7.46. The maximum absolute atomic E-state index is 4.72. The number of hydrogen-bond acceptors (Lipinski definition) is 5. The predicted molar refractivity (Wildman–Crippen MR) is 111 cm³/mol. The van der Waals surface area contributed by atoms with Crippen LogP contribution in [-0.2, 0) is 6.42 Å². The van der Waals surface area contributed by atoms with Gasteiger partial charge in [-0.2, -0.15) is 0 Å². The third kappa shape index (κ3) is 3.71. The van der Waals surface area contributed by atoms with Gasteiger partial charge in [0.1, 0.15) is 6.33 Å². The van der Waals surface area contributed by atoms with E-state index in [4.69, 9.17) is 6.30 Å². The molecule has 1 atom stereocenters. The van der Waals surface area contributed by atoms with Gasteiger partial charge in [-0.15, -0.1) is 0 Å². The van der Waals surface area contributed by atoms with Crippen LogP contribution in [0.3, 0.4) is 0 Å². The first kappa shape index (κ1) is 17.7. The van der Waals surface area contributed by atoms with Crippen molar-refractivity contribution in [1.82, 2.24) is 19.3 Å². The SMILES string of the molecule is C=P(C[C@H](C)c1ccc(NC)c(Cc2cncnc2)c1)(N1CC1)N1CC1. The van der Waals surface area contributed by atoms with Crippen LogP contribution in [0.4, 0.5) is 5.69 Å². The minimum atomic E-state index is -1.33. The van der Waals surface area contributed by atoms with Crippen molar-refractivity contribution in [1.29, 1.82) is 0 Å². The van der Waals surface area contributed by atoms with Crippen molar-refractivity contribution >= 4 is 19.2 Å². The van der Waals surface area contributed by atoms with Gasteiger partial charge in [-0.3, -0.25) is 9.34 Å². The Labute approximate surface area is 156 Å². The third-order valence-electron chi connectivity index (χ3n) is 5.44. The van der Waals surface area contributed by atoms with Crippen LogP contribution < -0.4 is 5.32 Å². The Morgan fingerprint density at radius 1 is 1.15 bits per heavy atom. The monoisotopic (exact) mass is 369 g/mol. The lowest BCUT2D eigenvalue weighted by Gasteiger charge is -2.30. The molecule has 0 unspecified atom stereocenters. The molecule has 1 aromatic heterocycles. The number of anilines is 1. The normalized spacial score (nSPS) is 18.5. The minimum absolute atomic E-state index is 0.513. The molecule has 0 aliphatic carbocycles. The summed E-state index contributed by atoms with van der Waals surface area (Å²) in [5.74, 6) is 0.513. The summed E-state index contributed by atoms with van der Waals surface area (Å²) in [6.45, 7) is 7.30. The fourth-order valence-corrected chi connectivity index (χ4v) is 7.32. The Kier molecular flexibility index (Phi) is 4.87. The van der Waals surface area contributed by atoms with Crippen molar-refractivity contribution < 1.29 is 0 Å². The summed E-state index contributed by atoms with van der Waals surface area (Å²) in [6, 6.07) is 6.84. The topological polar surface area (TPSA) is 43.8 Å². The zero-order valence-electron chi connectivity index (χ0n) is 15.7. The molecule has 4 rings (SSSR count). The molecular weight excluding hydrogens is 341 g/mol. The van der Waals surface area contributed by atoms with Gasteiger partial charge in [-0.05, 0) is 34.8 Å². The highest BCUT2D eigenvalue weighted by Gasteiger charge is 2.42. The van der Waals surface area contributed by atoms with Gasteiger partial charge in [0.05, 0.1) is 0 Å². The van der Waals surface area contributed by atoms with Crippen LogP contribution in [0.15, 0.2) is 36.9 Å². The predicted octanol–water partition coefficient (Wildman–Crippen LogP) is 3.12. The van der Waals surface area contributed by atoms with Crippen LogP contribution >= 0.6 is 7.19 Å². The van der Waals surface area contributed by atoms with Crippen LogP contribution in [-0.4, -0.2) is 65.0 Å². The molecule has 0 saturated carbocycles. The zero-order valence-corrected chi connectivity index (χ0v) is 16.6. The average Bonchev–Trinajstić information content (AvgIpc) is 3.54.